The summed E-state index contributed by atoms with van der Waals surface area (Å²) in [6, 6.07) is 4.10. The molecule has 1 unspecified atom stereocenters. The first-order chi connectivity index (χ1) is 9.72. The Balaban J connectivity index is 2.53. The molecule has 118 valence electrons. The maximum Gasteiger partial charge on any atom is 0.303 e. The van der Waals surface area contributed by atoms with E-state index in [9.17, 15) is 13.2 Å². The van der Waals surface area contributed by atoms with Crippen molar-refractivity contribution < 1.29 is 18.3 Å². The molecule has 0 saturated carbocycles. The Kier molecular flexibility index (Phi) is 6.93. The van der Waals surface area contributed by atoms with Crippen LogP contribution in [0.4, 0.5) is 0 Å². The second kappa shape index (κ2) is 7.98. The van der Waals surface area contributed by atoms with Gasteiger partial charge >= 0.3 is 5.97 Å². The van der Waals surface area contributed by atoms with Crippen molar-refractivity contribution in [1.29, 1.82) is 0 Å². The van der Waals surface area contributed by atoms with Gasteiger partial charge in [0.25, 0.3) is 0 Å². The van der Waals surface area contributed by atoms with E-state index >= 15 is 0 Å². The first-order valence-electron chi connectivity index (χ1n) is 6.39. The van der Waals surface area contributed by atoms with Gasteiger partial charge in [-0.15, -0.1) is 0 Å². The largest absolute Gasteiger partial charge is 0.481 e. The fraction of sp³-hybridized carbons (Fsp3) is 0.462. The highest BCUT2D eigenvalue weighted by atomic mass is 35.5. The fourth-order valence-electron chi connectivity index (χ4n) is 1.68. The van der Waals surface area contributed by atoms with Gasteiger partial charge in [0.1, 0.15) is 0 Å². The Morgan fingerprint density at radius 2 is 1.95 bits per heavy atom. The molecule has 0 aliphatic heterocycles. The summed E-state index contributed by atoms with van der Waals surface area (Å²) >= 11 is 11.5. The third-order valence-electron chi connectivity index (χ3n) is 2.98. The standard InChI is InChI=1S/C13H17Cl2NO4S/c1-9(2-5-13(17)18)6-7-16-21(19,20)10-3-4-11(14)12(15)8-10/h3-4,8-9,16H,2,5-7H2,1H3,(H,17,18). The van der Waals surface area contributed by atoms with Crippen LogP contribution in [0.1, 0.15) is 26.2 Å². The lowest BCUT2D eigenvalue weighted by Crippen LogP contribution is -2.26. The SMILES string of the molecule is CC(CCNS(=O)(=O)c1ccc(Cl)c(Cl)c1)CCC(=O)O. The molecule has 21 heavy (non-hydrogen) atoms. The summed E-state index contributed by atoms with van der Waals surface area (Å²) in [6.07, 6.45) is 1.17. The van der Waals surface area contributed by atoms with E-state index in [1.165, 1.54) is 18.2 Å². The van der Waals surface area contributed by atoms with Gasteiger partial charge in [-0.3, -0.25) is 4.79 Å². The number of carboxylic acid groups (broad SMARTS) is 1. The smallest absolute Gasteiger partial charge is 0.303 e. The Bertz CT molecular complexity index is 604. The molecule has 1 aromatic rings. The van der Waals surface area contributed by atoms with Gasteiger partial charge in [0, 0.05) is 13.0 Å². The number of benzene rings is 1. The first kappa shape index (κ1) is 18.2. The number of carbonyl (C=O) groups is 1. The Morgan fingerprint density at radius 1 is 1.29 bits per heavy atom. The van der Waals surface area contributed by atoms with Gasteiger partial charge in [-0.25, -0.2) is 13.1 Å². The Labute approximate surface area is 134 Å². The van der Waals surface area contributed by atoms with E-state index in [2.05, 4.69) is 4.72 Å². The van der Waals surface area contributed by atoms with Gasteiger partial charge in [0.05, 0.1) is 14.9 Å². The van der Waals surface area contributed by atoms with Crippen molar-refractivity contribution in [2.75, 3.05) is 6.54 Å². The van der Waals surface area contributed by atoms with E-state index in [1.807, 2.05) is 6.92 Å². The minimum atomic E-state index is -3.64. The predicted octanol–water partition coefficient (Wildman–Crippen LogP) is 3.16. The summed E-state index contributed by atoms with van der Waals surface area (Å²) in [5.41, 5.74) is 0. The van der Waals surface area contributed by atoms with E-state index in [4.69, 9.17) is 28.3 Å². The summed E-state index contributed by atoms with van der Waals surface area (Å²) in [4.78, 5) is 10.5. The van der Waals surface area contributed by atoms with Gasteiger partial charge in [-0.1, -0.05) is 30.1 Å². The molecule has 0 fully saturated rings. The van der Waals surface area contributed by atoms with Crippen LogP contribution in [0, 0.1) is 5.92 Å². The molecule has 0 bridgehead atoms. The summed E-state index contributed by atoms with van der Waals surface area (Å²) < 4.78 is 26.5. The Hall–Kier alpha value is -0.820. The van der Waals surface area contributed by atoms with Crippen molar-refractivity contribution >= 4 is 39.2 Å². The lowest BCUT2D eigenvalue weighted by molar-refractivity contribution is -0.137. The van der Waals surface area contributed by atoms with Crippen LogP contribution in [0.25, 0.3) is 0 Å². The molecule has 0 aliphatic rings. The number of sulfonamides is 1. The van der Waals surface area contributed by atoms with E-state index < -0.39 is 16.0 Å². The first-order valence-corrected chi connectivity index (χ1v) is 8.63. The second-order valence-electron chi connectivity index (χ2n) is 4.80. The molecule has 5 nitrogen and oxygen atoms in total. The molecule has 1 atom stereocenters. The average Bonchev–Trinajstić information content (AvgIpc) is 2.39. The number of aliphatic carboxylic acids is 1. The lowest BCUT2D eigenvalue weighted by atomic mass is 10.0. The summed E-state index contributed by atoms with van der Waals surface area (Å²) in [7, 11) is -3.64. The zero-order valence-corrected chi connectivity index (χ0v) is 13.8. The van der Waals surface area contributed by atoms with Crippen molar-refractivity contribution in [3.05, 3.63) is 28.2 Å². The maximum absolute atomic E-state index is 12.0. The molecule has 0 aromatic heterocycles. The average molecular weight is 354 g/mol. The topological polar surface area (TPSA) is 83.5 Å². The van der Waals surface area contributed by atoms with Crippen LogP contribution in [0.15, 0.2) is 23.1 Å². The van der Waals surface area contributed by atoms with Crippen molar-refractivity contribution in [3.63, 3.8) is 0 Å². The zero-order valence-electron chi connectivity index (χ0n) is 11.5. The molecular formula is C13H17Cl2NO4S. The summed E-state index contributed by atoms with van der Waals surface area (Å²) in [5, 5.41) is 9.04. The molecule has 1 aromatic carbocycles. The van der Waals surface area contributed by atoms with Crippen molar-refractivity contribution in [2.24, 2.45) is 5.92 Å². The molecular weight excluding hydrogens is 337 g/mol. The molecule has 0 heterocycles. The Morgan fingerprint density at radius 3 is 2.52 bits per heavy atom. The molecule has 8 heteroatoms. The molecule has 0 amide bonds. The maximum atomic E-state index is 12.0. The van der Waals surface area contributed by atoms with Crippen LogP contribution < -0.4 is 4.72 Å². The van der Waals surface area contributed by atoms with Crippen LogP contribution in [0.5, 0.6) is 0 Å². The van der Waals surface area contributed by atoms with Crippen LogP contribution >= 0.6 is 23.2 Å². The number of rotatable bonds is 8. The van der Waals surface area contributed by atoms with Crippen LogP contribution in [-0.2, 0) is 14.8 Å². The molecule has 1 rings (SSSR count). The van der Waals surface area contributed by atoms with Crippen LogP contribution in [-0.4, -0.2) is 26.0 Å². The normalized spacial score (nSPS) is 13.1. The third kappa shape index (κ3) is 6.22. The molecule has 0 saturated heterocycles. The van der Waals surface area contributed by atoms with E-state index in [0.717, 1.165) is 0 Å². The number of hydrogen-bond acceptors (Lipinski definition) is 3. The van der Waals surface area contributed by atoms with Gasteiger partial charge in [0.2, 0.25) is 10.0 Å². The van der Waals surface area contributed by atoms with E-state index in [-0.39, 0.29) is 33.8 Å². The van der Waals surface area contributed by atoms with Crippen molar-refractivity contribution in [1.82, 2.24) is 4.72 Å². The van der Waals surface area contributed by atoms with E-state index in [0.29, 0.717) is 12.8 Å². The highest BCUT2D eigenvalue weighted by Crippen LogP contribution is 2.24. The van der Waals surface area contributed by atoms with Crippen LogP contribution in [0.2, 0.25) is 10.0 Å². The zero-order chi connectivity index (χ0) is 16.0. The van der Waals surface area contributed by atoms with Gasteiger partial charge in [0.15, 0.2) is 0 Å². The van der Waals surface area contributed by atoms with E-state index in [1.54, 1.807) is 0 Å². The number of carboxylic acids is 1. The monoisotopic (exact) mass is 353 g/mol. The lowest BCUT2D eigenvalue weighted by Gasteiger charge is -2.11. The second-order valence-corrected chi connectivity index (χ2v) is 7.38. The van der Waals surface area contributed by atoms with Crippen molar-refractivity contribution in [2.45, 2.75) is 31.1 Å². The number of halogens is 2. The van der Waals surface area contributed by atoms with Gasteiger partial charge in [-0.2, -0.15) is 0 Å². The minimum Gasteiger partial charge on any atom is -0.481 e. The van der Waals surface area contributed by atoms with Crippen molar-refractivity contribution in [3.8, 4) is 0 Å². The molecule has 0 aliphatic carbocycles. The quantitative estimate of drug-likeness (QED) is 0.751. The molecule has 0 radical (unpaired) electrons. The summed E-state index contributed by atoms with van der Waals surface area (Å²) in [6.45, 7) is 2.12. The summed E-state index contributed by atoms with van der Waals surface area (Å²) in [5.74, 6) is -0.726. The van der Waals surface area contributed by atoms with Crippen LogP contribution in [0.3, 0.4) is 0 Å². The fourth-order valence-corrected chi connectivity index (χ4v) is 3.12. The van der Waals surface area contributed by atoms with Gasteiger partial charge in [-0.05, 0) is 37.0 Å². The highest BCUT2D eigenvalue weighted by molar-refractivity contribution is 7.89. The predicted molar refractivity (Wildman–Crippen MR) is 82.3 cm³/mol. The molecule has 2 N–H and O–H groups in total. The third-order valence-corrected chi connectivity index (χ3v) is 5.18. The number of hydrogen-bond donors (Lipinski definition) is 2. The number of nitrogens with one attached hydrogen (secondary N) is 1. The van der Waals surface area contributed by atoms with Gasteiger partial charge < -0.3 is 5.11 Å². The highest BCUT2D eigenvalue weighted by Gasteiger charge is 2.15. The molecule has 0 spiro atoms. The minimum absolute atomic E-state index is 0.0510.